The molecule has 2 rings (SSSR count). The molecule has 124 valence electrons. The molecule has 6 heteroatoms. The van der Waals surface area contributed by atoms with Crippen molar-refractivity contribution in [3.63, 3.8) is 0 Å². The lowest BCUT2D eigenvalue weighted by atomic mass is 9.65. The molecule has 0 aromatic carbocycles. The fraction of sp³-hybridized carbons (Fsp3) is 0.933. The molecule has 2 N–H and O–H groups in total. The average molecular weight is 427 g/mol. The maximum absolute atomic E-state index is 6.17. The van der Waals surface area contributed by atoms with E-state index in [2.05, 4.69) is 25.7 Å². The van der Waals surface area contributed by atoms with Gasteiger partial charge in [-0.05, 0) is 12.8 Å². The van der Waals surface area contributed by atoms with Gasteiger partial charge in [-0.1, -0.05) is 27.2 Å². The summed E-state index contributed by atoms with van der Waals surface area (Å²) in [5, 5.41) is 0. The fourth-order valence-electron chi connectivity index (χ4n) is 2.77. The molecule has 2 unspecified atom stereocenters. The van der Waals surface area contributed by atoms with Crippen LogP contribution in [-0.4, -0.2) is 54.2 Å². The Morgan fingerprint density at radius 2 is 2.05 bits per heavy atom. The number of hydrogen-bond donors (Lipinski definition) is 1. The van der Waals surface area contributed by atoms with Crippen molar-refractivity contribution < 1.29 is 4.74 Å². The van der Waals surface area contributed by atoms with Crippen LogP contribution in [0.25, 0.3) is 0 Å². The number of unbranched alkanes of at least 4 members (excludes halogenated alkanes) is 1. The number of rotatable bonds is 5. The van der Waals surface area contributed by atoms with Gasteiger partial charge in [0.15, 0.2) is 5.96 Å². The van der Waals surface area contributed by atoms with Crippen LogP contribution in [0.15, 0.2) is 4.99 Å². The molecule has 0 amide bonds. The summed E-state index contributed by atoms with van der Waals surface area (Å²) in [5.41, 5.74) is 6.29. The van der Waals surface area contributed by atoms with Crippen molar-refractivity contribution in [1.29, 1.82) is 0 Å². The Labute approximate surface area is 150 Å². The Bertz CT molecular complexity index is 346. The van der Waals surface area contributed by atoms with Gasteiger partial charge in [0, 0.05) is 36.6 Å². The van der Waals surface area contributed by atoms with Crippen molar-refractivity contribution in [3.8, 4) is 0 Å². The van der Waals surface area contributed by atoms with E-state index >= 15 is 0 Å². The van der Waals surface area contributed by atoms with Gasteiger partial charge in [0.05, 0.1) is 12.1 Å². The lowest BCUT2D eigenvalue weighted by Gasteiger charge is -2.49. The topological polar surface area (TPSA) is 50.9 Å². The highest BCUT2D eigenvalue weighted by Crippen LogP contribution is 2.45. The van der Waals surface area contributed by atoms with Gasteiger partial charge in [0.1, 0.15) is 0 Å². The molecule has 1 aliphatic heterocycles. The largest absolute Gasteiger partial charge is 0.377 e. The number of aliphatic imine (C=N–C) groups is 1. The highest BCUT2D eigenvalue weighted by atomic mass is 127. The number of ether oxygens (including phenoxy) is 1. The maximum Gasteiger partial charge on any atom is 0.191 e. The fourth-order valence-corrected chi connectivity index (χ4v) is 3.67. The first-order valence-electron chi connectivity index (χ1n) is 7.83. The zero-order valence-electron chi connectivity index (χ0n) is 13.5. The smallest absolute Gasteiger partial charge is 0.191 e. The van der Waals surface area contributed by atoms with Crippen molar-refractivity contribution in [2.75, 3.05) is 31.2 Å². The molecule has 2 atom stereocenters. The molecule has 21 heavy (non-hydrogen) atoms. The molecule has 0 aromatic heterocycles. The lowest BCUT2D eigenvalue weighted by Crippen LogP contribution is -2.55. The van der Waals surface area contributed by atoms with Crippen LogP contribution in [0.3, 0.4) is 0 Å². The molecule has 4 nitrogen and oxygen atoms in total. The molecule has 1 heterocycles. The summed E-state index contributed by atoms with van der Waals surface area (Å²) < 4.78 is 5.96. The Morgan fingerprint density at radius 3 is 2.62 bits per heavy atom. The quantitative estimate of drug-likeness (QED) is 0.317. The third-order valence-corrected chi connectivity index (χ3v) is 5.51. The van der Waals surface area contributed by atoms with E-state index in [1.807, 2.05) is 11.8 Å². The first kappa shape index (κ1) is 19.4. The third kappa shape index (κ3) is 4.89. The standard InChI is InChI=1S/C15H29N3OS.HI/c1-4-5-8-19-13-11-12(15(13,2)3)17-14(16)18-6-9-20-10-7-18;/h12-13H,4-11H2,1-3H3,(H2,16,17);1H. The Balaban J connectivity index is 0.00000220. The minimum Gasteiger partial charge on any atom is -0.377 e. The Morgan fingerprint density at radius 1 is 1.38 bits per heavy atom. The van der Waals surface area contributed by atoms with Crippen LogP contribution in [0.1, 0.15) is 40.0 Å². The number of nitrogens with zero attached hydrogens (tertiary/aromatic N) is 2. The molecule has 1 saturated carbocycles. The Hall–Kier alpha value is 0.310. The summed E-state index contributed by atoms with van der Waals surface area (Å²) in [4.78, 5) is 6.99. The van der Waals surface area contributed by atoms with Crippen LogP contribution < -0.4 is 5.73 Å². The molecule has 0 spiro atoms. The van der Waals surface area contributed by atoms with Gasteiger partial charge >= 0.3 is 0 Å². The van der Waals surface area contributed by atoms with Crippen molar-refractivity contribution in [2.24, 2.45) is 16.1 Å². The minimum atomic E-state index is 0. The van der Waals surface area contributed by atoms with Crippen LogP contribution in [0.2, 0.25) is 0 Å². The van der Waals surface area contributed by atoms with Crippen LogP contribution in [0, 0.1) is 5.41 Å². The third-order valence-electron chi connectivity index (χ3n) is 4.57. The number of guanidine groups is 1. The summed E-state index contributed by atoms with van der Waals surface area (Å²) in [6.45, 7) is 9.63. The van der Waals surface area contributed by atoms with E-state index in [-0.39, 0.29) is 29.4 Å². The molecule has 0 aromatic rings. The SMILES string of the molecule is CCCCOC1CC(N=C(N)N2CCSCC2)C1(C)C.I. The van der Waals surface area contributed by atoms with Crippen LogP contribution in [0.4, 0.5) is 0 Å². The average Bonchev–Trinajstić information content (AvgIpc) is 2.46. The van der Waals surface area contributed by atoms with Gasteiger partial charge < -0.3 is 15.4 Å². The van der Waals surface area contributed by atoms with Crippen LogP contribution >= 0.6 is 35.7 Å². The van der Waals surface area contributed by atoms with E-state index in [1.165, 1.54) is 6.42 Å². The number of thioether (sulfide) groups is 1. The summed E-state index contributed by atoms with van der Waals surface area (Å²) in [6, 6.07) is 0.309. The summed E-state index contributed by atoms with van der Waals surface area (Å²) in [5.74, 6) is 3.05. The van der Waals surface area contributed by atoms with Gasteiger partial charge in [-0.2, -0.15) is 11.8 Å². The second-order valence-electron chi connectivity index (χ2n) is 6.37. The summed E-state index contributed by atoms with van der Waals surface area (Å²) in [7, 11) is 0. The molecule has 0 bridgehead atoms. The normalized spacial score (nSPS) is 28.7. The van der Waals surface area contributed by atoms with Gasteiger partial charge in [0.2, 0.25) is 0 Å². The molecule has 1 aliphatic carbocycles. The van der Waals surface area contributed by atoms with Gasteiger partial charge in [-0.15, -0.1) is 24.0 Å². The Kier molecular flexibility index (Phi) is 8.13. The summed E-state index contributed by atoms with van der Waals surface area (Å²) in [6.07, 6.45) is 3.69. The van der Waals surface area contributed by atoms with Crippen molar-refractivity contribution in [3.05, 3.63) is 0 Å². The zero-order valence-corrected chi connectivity index (χ0v) is 16.7. The second kappa shape index (κ2) is 8.82. The van der Waals surface area contributed by atoms with Gasteiger partial charge in [-0.3, -0.25) is 0 Å². The zero-order chi connectivity index (χ0) is 14.6. The van der Waals surface area contributed by atoms with E-state index in [4.69, 9.17) is 15.5 Å². The van der Waals surface area contributed by atoms with Crippen molar-refractivity contribution >= 4 is 41.7 Å². The highest BCUT2D eigenvalue weighted by molar-refractivity contribution is 14.0. The van der Waals surface area contributed by atoms with Crippen molar-refractivity contribution in [2.45, 2.75) is 52.2 Å². The number of nitrogens with two attached hydrogens (primary N) is 1. The minimum absolute atomic E-state index is 0. The second-order valence-corrected chi connectivity index (χ2v) is 7.60. The molecule has 2 fully saturated rings. The monoisotopic (exact) mass is 427 g/mol. The predicted molar refractivity (Wildman–Crippen MR) is 103 cm³/mol. The molecule has 2 aliphatic rings. The number of hydrogen-bond acceptors (Lipinski definition) is 3. The van der Waals surface area contributed by atoms with Crippen LogP contribution in [0.5, 0.6) is 0 Å². The lowest BCUT2D eigenvalue weighted by molar-refractivity contribution is -0.107. The first-order valence-corrected chi connectivity index (χ1v) is 8.98. The van der Waals surface area contributed by atoms with Gasteiger partial charge in [0.25, 0.3) is 0 Å². The van der Waals surface area contributed by atoms with Crippen molar-refractivity contribution in [1.82, 2.24) is 4.90 Å². The molecule has 0 radical (unpaired) electrons. The molecular weight excluding hydrogens is 397 g/mol. The summed E-state index contributed by atoms with van der Waals surface area (Å²) >= 11 is 1.99. The van der Waals surface area contributed by atoms with E-state index in [1.54, 1.807) is 0 Å². The van der Waals surface area contributed by atoms with Crippen LogP contribution in [-0.2, 0) is 4.74 Å². The maximum atomic E-state index is 6.17. The van der Waals surface area contributed by atoms with E-state index in [0.29, 0.717) is 12.1 Å². The van der Waals surface area contributed by atoms with E-state index < -0.39 is 0 Å². The highest BCUT2D eigenvalue weighted by Gasteiger charge is 2.49. The first-order chi connectivity index (χ1) is 9.55. The predicted octanol–water partition coefficient (Wildman–Crippen LogP) is 2.95. The van der Waals surface area contributed by atoms with Gasteiger partial charge in [-0.25, -0.2) is 4.99 Å². The molecule has 1 saturated heterocycles. The number of halogens is 1. The van der Waals surface area contributed by atoms with E-state index in [0.717, 1.165) is 50.0 Å². The molecular formula is C15H30IN3OS. The van der Waals surface area contributed by atoms with E-state index in [9.17, 15) is 0 Å².